The summed E-state index contributed by atoms with van der Waals surface area (Å²) in [6.45, 7) is 4.64. The number of carbonyl (C=O) groups is 1. The molecule has 1 aliphatic heterocycles. The van der Waals surface area contributed by atoms with Crippen LogP contribution in [0, 0.1) is 4.84 Å². The Morgan fingerprint density at radius 2 is 2.16 bits per heavy atom. The SMILES string of the molecule is CC(C)NC(=O)CN(C)Cn1nc(-c2ccc3c(c2)OCO3)oc1=S. The zero-order chi connectivity index (χ0) is 18.0. The van der Waals surface area contributed by atoms with E-state index in [2.05, 4.69) is 10.4 Å². The second-order valence-corrected chi connectivity index (χ2v) is 6.47. The molecule has 0 unspecified atom stereocenters. The summed E-state index contributed by atoms with van der Waals surface area (Å²) in [5.41, 5.74) is 0.745. The minimum atomic E-state index is -0.0523. The monoisotopic (exact) mass is 364 g/mol. The van der Waals surface area contributed by atoms with Crippen LogP contribution in [0.4, 0.5) is 0 Å². The van der Waals surface area contributed by atoms with Crippen molar-refractivity contribution < 1.29 is 18.7 Å². The van der Waals surface area contributed by atoms with Crippen molar-refractivity contribution in [3.05, 3.63) is 23.0 Å². The number of ether oxygens (including phenoxy) is 2. The highest BCUT2D eigenvalue weighted by Crippen LogP contribution is 2.35. The highest BCUT2D eigenvalue weighted by Gasteiger charge is 2.17. The van der Waals surface area contributed by atoms with Crippen LogP contribution < -0.4 is 14.8 Å². The highest BCUT2D eigenvalue weighted by atomic mass is 32.1. The van der Waals surface area contributed by atoms with Gasteiger partial charge in [0.05, 0.1) is 13.2 Å². The fourth-order valence-electron chi connectivity index (χ4n) is 2.43. The number of fused-ring (bicyclic) bond motifs is 1. The van der Waals surface area contributed by atoms with Crippen molar-refractivity contribution in [1.82, 2.24) is 20.0 Å². The molecular weight excluding hydrogens is 344 g/mol. The van der Waals surface area contributed by atoms with Crippen LogP contribution in [-0.4, -0.2) is 47.0 Å². The van der Waals surface area contributed by atoms with Gasteiger partial charge in [-0.25, -0.2) is 4.68 Å². The Morgan fingerprint density at radius 1 is 1.40 bits per heavy atom. The van der Waals surface area contributed by atoms with E-state index < -0.39 is 0 Å². The normalized spacial score (nSPS) is 12.8. The van der Waals surface area contributed by atoms with Crippen LogP contribution >= 0.6 is 12.2 Å². The molecule has 2 heterocycles. The number of carbonyl (C=O) groups excluding carboxylic acids is 1. The van der Waals surface area contributed by atoms with Crippen LogP contribution in [0.25, 0.3) is 11.5 Å². The number of likely N-dealkylation sites (N-methyl/N-ethyl adjacent to an activating group) is 1. The molecule has 0 radical (unpaired) electrons. The molecule has 1 aromatic heterocycles. The first-order chi connectivity index (χ1) is 11.9. The third-order valence-corrected chi connectivity index (χ3v) is 3.76. The van der Waals surface area contributed by atoms with Gasteiger partial charge < -0.3 is 19.2 Å². The number of amides is 1. The first-order valence-electron chi connectivity index (χ1n) is 7.88. The summed E-state index contributed by atoms with van der Waals surface area (Å²) in [5, 5.41) is 7.23. The molecule has 0 saturated heterocycles. The fourth-order valence-corrected chi connectivity index (χ4v) is 2.61. The Hall–Kier alpha value is -2.39. The molecule has 8 nitrogen and oxygen atoms in total. The predicted octanol–water partition coefficient (Wildman–Crippen LogP) is 2.02. The minimum absolute atomic E-state index is 0.0523. The van der Waals surface area contributed by atoms with Gasteiger partial charge in [-0.15, -0.1) is 5.10 Å². The summed E-state index contributed by atoms with van der Waals surface area (Å²) >= 11 is 5.22. The topological polar surface area (TPSA) is 81.8 Å². The van der Waals surface area contributed by atoms with Gasteiger partial charge in [-0.05, 0) is 51.3 Å². The average Bonchev–Trinajstić information content (AvgIpc) is 3.12. The van der Waals surface area contributed by atoms with Crippen LogP contribution in [0.15, 0.2) is 22.6 Å². The summed E-state index contributed by atoms with van der Waals surface area (Å²) < 4.78 is 17.8. The number of rotatable bonds is 6. The Labute approximate surface area is 150 Å². The van der Waals surface area contributed by atoms with E-state index in [0.29, 0.717) is 24.1 Å². The summed E-state index contributed by atoms with van der Waals surface area (Å²) in [6, 6.07) is 5.54. The number of aromatic nitrogens is 2. The first kappa shape index (κ1) is 17.4. The largest absolute Gasteiger partial charge is 0.454 e. The zero-order valence-corrected chi connectivity index (χ0v) is 15.1. The number of hydrogen-bond acceptors (Lipinski definition) is 7. The molecule has 0 spiro atoms. The summed E-state index contributed by atoms with van der Waals surface area (Å²) in [7, 11) is 1.82. The lowest BCUT2D eigenvalue weighted by Gasteiger charge is -2.16. The number of nitrogens with one attached hydrogen (secondary N) is 1. The summed E-state index contributed by atoms with van der Waals surface area (Å²) in [4.78, 5) is 13.9. The van der Waals surface area contributed by atoms with Crippen molar-refractivity contribution in [2.24, 2.45) is 0 Å². The van der Waals surface area contributed by atoms with E-state index >= 15 is 0 Å². The second kappa shape index (κ2) is 7.24. The lowest BCUT2D eigenvalue weighted by molar-refractivity contribution is -0.122. The molecule has 0 fully saturated rings. The van der Waals surface area contributed by atoms with Gasteiger partial charge in [0.25, 0.3) is 4.84 Å². The fraction of sp³-hybridized carbons (Fsp3) is 0.438. The number of benzene rings is 1. The van der Waals surface area contributed by atoms with E-state index in [9.17, 15) is 4.79 Å². The summed E-state index contributed by atoms with van der Waals surface area (Å²) in [6.07, 6.45) is 0. The van der Waals surface area contributed by atoms with E-state index in [1.54, 1.807) is 17.0 Å². The standard InChI is InChI=1S/C16H20N4O4S/c1-10(2)17-14(21)7-19(3)8-20-16(25)24-15(18-20)11-4-5-12-13(6-11)23-9-22-12/h4-6,10H,7-9H2,1-3H3,(H,17,21). The van der Waals surface area contributed by atoms with Gasteiger partial charge in [0, 0.05) is 11.6 Å². The van der Waals surface area contributed by atoms with Crippen LogP contribution in [0.2, 0.25) is 0 Å². The van der Waals surface area contributed by atoms with Crippen LogP contribution in [0.1, 0.15) is 13.8 Å². The Morgan fingerprint density at radius 3 is 2.92 bits per heavy atom. The minimum Gasteiger partial charge on any atom is -0.454 e. The van der Waals surface area contributed by atoms with Crippen molar-refractivity contribution in [3.63, 3.8) is 0 Å². The van der Waals surface area contributed by atoms with E-state index in [4.69, 9.17) is 26.1 Å². The van der Waals surface area contributed by atoms with Gasteiger partial charge in [-0.2, -0.15) is 0 Å². The van der Waals surface area contributed by atoms with Gasteiger partial charge in [-0.3, -0.25) is 9.69 Å². The Kier molecular flexibility index (Phi) is 5.05. The van der Waals surface area contributed by atoms with E-state index in [-0.39, 0.29) is 30.1 Å². The molecule has 0 saturated carbocycles. The molecule has 134 valence electrons. The molecule has 9 heteroatoms. The molecule has 1 amide bonds. The quantitative estimate of drug-likeness (QED) is 0.785. The van der Waals surface area contributed by atoms with E-state index in [0.717, 1.165) is 5.56 Å². The van der Waals surface area contributed by atoms with Gasteiger partial charge >= 0.3 is 0 Å². The van der Waals surface area contributed by atoms with Gasteiger partial charge in [0.15, 0.2) is 11.5 Å². The maximum atomic E-state index is 11.8. The van der Waals surface area contributed by atoms with Crippen LogP contribution in [-0.2, 0) is 11.5 Å². The van der Waals surface area contributed by atoms with Crippen LogP contribution in [0.3, 0.4) is 0 Å². The third kappa shape index (κ3) is 4.18. The number of hydrogen-bond donors (Lipinski definition) is 1. The highest BCUT2D eigenvalue weighted by molar-refractivity contribution is 7.71. The van der Waals surface area contributed by atoms with Crippen molar-refractivity contribution in [1.29, 1.82) is 0 Å². The smallest absolute Gasteiger partial charge is 0.288 e. The van der Waals surface area contributed by atoms with Crippen molar-refractivity contribution in [3.8, 4) is 23.0 Å². The third-order valence-electron chi connectivity index (χ3n) is 3.46. The van der Waals surface area contributed by atoms with Crippen molar-refractivity contribution in [2.75, 3.05) is 20.4 Å². The van der Waals surface area contributed by atoms with Gasteiger partial charge in [0.2, 0.25) is 18.6 Å². The lowest BCUT2D eigenvalue weighted by Crippen LogP contribution is -2.39. The maximum absolute atomic E-state index is 11.8. The Bertz CT molecular complexity index is 830. The molecule has 2 aromatic rings. The van der Waals surface area contributed by atoms with Crippen molar-refractivity contribution >= 4 is 18.1 Å². The first-order valence-corrected chi connectivity index (χ1v) is 8.29. The van der Waals surface area contributed by atoms with Gasteiger partial charge in [-0.1, -0.05) is 0 Å². The predicted molar refractivity (Wildman–Crippen MR) is 92.8 cm³/mol. The maximum Gasteiger partial charge on any atom is 0.288 e. The molecular formula is C16H20N4O4S. The molecule has 25 heavy (non-hydrogen) atoms. The Balaban J connectivity index is 1.70. The average molecular weight is 364 g/mol. The molecule has 0 aliphatic carbocycles. The van der Waals surface area contributed by atoms with Crippen LogP contribution in [0.5, 0.6) is 11.5 Å². The molecule has 3 rings (SSSR count). The van der Waals surface area contributed by atoms with E-state index in [1.807, 2.05) is 27.0 Å². The molecule has 1 N–H and O–H groups in total. The van der Waals surface area contributed by atoms with Gasteiger partial charge in [0.1, 0.15) is 0 Å². The lowest BCUT2D eigenvalue weighted by atomic mass is 10.2. The molecule has 1 aliphatic rings. The molecule has 0 bridgehead atoms. The van der Waals surface area contributed by atoms with Crippen molar-refractivity contribution in [2.45, 2.75) is 26.6 Å². The molecule has 1 aromatic carbocycles. The number of nitrogens with zero attached hydrogens (tertiary/aromatic N) is 3. The molecule has 0 atom stereocenters. The summed E-state index contributed by atoms with van der Waals surface area (Å²) in [5.74, 6) is 1.68. The van der Waals surface area contributed by atoms with E-state index in [1.165, 1.54) is 4.68 Å². The zero-order valence-electron chi connectivity index (χ0n) is 14.3. The second-order valence-electron chi connectivity index (χ2n) is 6.12.